The highest BCUT2D eigenvalue weighted by Gasteiger charge is 2.24. The summed E-state index contributed by atoms with van der Waals surface area (Å²) in [6.07, 6.45) is 2.87. The predicted molar refractivity (Wildman–Crippen MR) is 87.1 cm³/mol. The van der Waals surface area contributed by atoms with E-state index in [2.05, 4.69) is 0 Å². The third-order valence-corrected chi connectivity index (χ3v) is 3.91. The maximum absolute atomic E-state index is 13.0. The fourth-order valence-corrected chi connectivity index (χ4v) is 2.58. The Kier molecular flexibility index (Phi) is 5.01. The first-order chi connectivity index (χ1) is 11.6. The van der Waals surface area contributed by atoms with E-state index in [-0.39, 0.29) is 23.6 Å². The van der Waals surface area contributed by atoms with Crippen LogP contribution in [0.15, 0.2) is 54.6 Å². The number of hydrogen-bond donors (Lipinski definition) is 0. The van der Waals surface area contributed by atoms with E-state index >= 15 is 0 Å². The number of morpholine rings is 1. The molecule has 124 valence electrons. The molecule has 3 nitrogen and oxygen atoms in total. The molecule has 0 aromatic heterocycles. The van der Waals surface area contributed by atoms with Crippen molar-refractivity contribution in [3.8, 4) is 0 Å². The van der Waals surface area contributed by atoms with Crippen LogP contribution in [0.5, 0.6) is 0 Å². The van der Waals surface area contributed by atoms with Crippen molar-refractivity contribution >= 4 is 12.0 Å². The first kappa shape index (κ1) is 16.3. The fourth-order valence-electron chi connectivity index (χ4n) is 2.58. The molecular weight excluding hydrogens is 312 g/mol. The Balaban J connectivity index is 1.64. The van der Waals surface area contributed by atoms with Crippen LogP contribution in [0.3, 0.4) is 0 Å². The van der Waals surface area contributed by atoms with Crippen molar-refractivity contribution in [2.75, 3.05) is 19.7 Å². The van der Waals surface area contributed by atoms with Crippen molar-refractivity contribution in [1.29, 1.82) is 0 Å². The first-order valence-electron chi connectivity index (χ1n) is 7.71. The first-order valence-corrected chi connectivity index (χ1v) is 7.71. The fraction of sp³-hybridized carbons (Fsp3) is 0.211. The molecular formula is C19H17F2NO2. The minimum atomic E-state index is -0.311. The summed E-state index contributed by atoms with van der Waals surface area (Å²) in [5.41, 5.74) is 1.60. The number of amides is 1. The van der Waals surface area contributed by atoms with E-state index in [1.165, 1.54) is 30.3 Å². The standard InChI is InChI=1S/C19H17F2NO2/c20-16-6-1-14(2-7-16)3-10-19(23)22-11-12-24-18(13-22)15-4-8-17(21)9-5-15/h1-10,18H,11-13H2/b10-3+. The van der Waals surface area contributed by atoms with Crippen molar-refractivity contribution < 1.29 is 18.3 Å². The molecule has 24 heavy (non-hydrogen) atoms. The topological polar surface area (TPSA) is 29.5 Å². The van der Waals surface area contributed by atoms with E-state index in [9.17, 15) is 13.6 Å². The van der Waals surface area contributed by atoms with Gasteiger partial charge in [0.15, 0.2) is 0 Å². The Morgan fingerprint density at radius 1 is 1.04 bits per heavy atom. The number of hydrogen-bond acceptors (Lipinski definition) is 2. The monoisotopic (exact) mass is 329 g/mol. The van der Waals surface area contributed by atoms with Crippen LogP contribution in [0.1, 0.15) is 17.2 Å². The Hall–Kier alpha value is -2.53. The number of carbonyl (C=O) groups is 1. The zero-order chi connectivity index (χ0) is 16.9. The van der Waals surface area contributed by atoms with E-state index in [1.54, 1.807) is 35.2 Å². The lowest BCUT2D eigenvalue weighted by molar-refractivity contribution is -0.133. The summed E-state index contributed by atoms with van der Waals surface area (Å²) in [5, 5.41) is 0. The summed E-state index contributed by atoms with van der Waals surface area (Å²) in [4.78, 5) is 14.0. The van der Waals surface area contributed by atoms with Gasteiger partial charge in [-0.25, -0.2) is 8.78 Å². The molecule has 0 bridgehead atoms. The molecule has 0 aliphatic carbocycles. The van der Waals surface area contributed by atoms with Crippen LogP contribution in [-0.4, -0.2) is 30.5 Å². The largest absolute Gasteiger partial charge is 0.370 e. The molecule has 0 saturated carbocycles. The van der Waals surface area contributed by atoms with Crippen molar-refractivity contribution in [1.82, 2.24) is 4.90 Å². The average Bonchev–Trinajstić information content (AvgIpc) is 2.62. The lowest BCUT2D eigenvalue weighted by Crippen LogP contribution is -2.41. The van der Waals surface area contributed by atoms with E-state index in [1.807, 2.05) is 0 Å². The van der Waals surface area contributed by atoms with Gasteiger partial charge >= 0.3 is 0 Å². The summed E-state index contributed by atoms with van der Waals surface area (Å²) in [7, 11) is 0. The molecule has 2 aromatic rings. The van der Waals surface area contributed by atoms with Gasteiger partial charge in [0.25, 0.3) is 0 Å². The quantitative estimate of drug-likeness (QED) is 0.806. The molecule has 0 spiro atoms. The summed E-state index contributed by atoms with van der Waals surface area (Å²) >= 11 is 0. The van der Waals surface area contributed by atoms with Crippen LogP contribution < -0.4 is 0 Å². The number of ether oxygens (including phenoxy) is 1. The molecule has 1 unspecified atom stereocenters. The van der Waals surface area contributed by atoms with E-state index in [0.717, 1.165) is 11.1 Å². The molecule has 5 heteroatoms. The third-order valence-electron chi connectivity index (χ3n) is 3.91. The highest BCUT2D eigenvalue weighted by Crippen LogP contribution is 2.22. The van der Waals surface area contributed by atoms with Gasteiger partial charge in [-0.15, -0.1) is 0 Å². The minimum Gasteiger partial charge on any atom is -0.370 e. The molecule has 0 radical (unpaired) electrons. The summed E-state index contributed by atoms with van der Waals surface area (Å²) in [6.45, 7) is 1.35. The molecule has 1 heterocycles. The van der Waals surface area contributed by atoms with Crippen LogP contribution in [-0.2, 0) is 9.53 Å². The number of benzene rings is 2. The molecule has 1 saturated heterocycles. The molecule has 1 amide bonds. The van der Waals surface area contributed by atoms with Gasteiger partial charge in [-0.1, -0.05) is 24.3 Å². The zero-order valence-corrected chi connectivity index (χ0v) is 13.0. The molecule has 1 fully saturated rings. The number of halogens is 2. The second-order valence-corrected chi connectivity index (χ2v) is 5.58. The highest BCUT2D eigenvalue weighted by atomic mass is 19.1. The van der Waals surface area contributed by atoms with Crippen LogP contribution in [0.2, 0.25) is 0 Å². The average molecular weight is 329 g/mol. The van der Waals surface area contributed by atoms with Gasteiger partial charge in [0.05, 0.1) is 13.2 Å². The smallest absolute Gasteiger partial charge is 0.246 e. The number of nitrogens with zero attached hydrogens (tertiary/aromatic N) is 1. The van der Waals surface area contributed by atoms with Gasteiger partial charge in [0.2, 0.25) is 5.91 Å². The van der Waals surface area contributed by atoms with E-state index in [4.69, 9.17) is 4.74 Å². The van der Waals surface area contributed by atoms with Gasteiger partial charge < -0.3 is 9.64 Å². The summed E-state index contributed by atoms with van der Waals surface area (Å²) in [6, 6.07) is 12.0. The Bertz CT molecular complexity index is 726. The van der Waals surface area contributed by atoms with Gasteiger partial charge in [-0.05, 0) is 41.5 Å². The Morgan fingerprint density at radius 3 is 2.33 bits per heavy atom. The van der Waals surface area contributed by atoms with Crippen LogP contribution in [0.25, 0.3) is 6.08 Å². The second kappa shape index (κ2) is 7.36. The van der Waals surface area contributed by atoms with Crippen molar-refractivity contribution in [3.63, 3.8) is 0 Å². The Labute approximate surface area is 139 Å². The normalized spacial score (nSPS) is 18.1. The summed E-state index contributed by atoms with van der Waals surface area (Å²) < 4.78 is 31.6. The molecule has 0 N–H and O–H groups in total. The van der Waals surface area contributed by atoms with Gasteiger partial charge in [0, 0.05) is 12.6 Å². The lowest BCUT2D eigenvalue weighted by atomic mass is 10.1. The molecule has 1 aliphatic heterocycles. The van der Waals surface area contributed by atoms with Crippen LogP contribution >= 0.6 is 0 Å². The SMILES string of the molecule is O=C(/C=C/c1ccc(F)cc1)N1CCOC(c2ccc(F)cc2)C1. The van der Waals surface area contributed by atoms with Crippen molar-refractivity contribution in [3.05, 3.63) is 77.4 Å². The van der Waals surface area contributed by atoms with Crippen molar-refractivity contribution in [2.24, 2.45) is 0 Å². The van der Waals surface area contributed by atoms with E-state index in [0.29, 0.717) is 19.7 Å². The van der Waals surface area contributed by atoms with Crippen molar-refractivity contribution in [2.45, 2.75) is 6.10 Å². The number of carbonyl (C=O) groups excluding carboxylic acids is 1. The minimum absolute atomic E-state index is 0.130. The predicted octanol–water partition coefficient (Wildman–Crippen LogP) is 3.58. The molecule has 1 aliphatic rings. The second-order valence-electron chi connectivity index (χ2n) is 5.58. The van der Waals surface area contributed by atoms with Gasteiger partial charge in [-0.3, -0.25) is 4.79 Å². The highest BCUT2D eigenvalue weighted by molar-refractivity contribution is 5.91. The van der Waals surface area contributed by atoms with Crippen LogP contribution in [0, 0.1) is 11.6 Å². The molecule has 3 rings (SSSR count). The number of rotatable bonds is 3. The summed E-state index contributed by atoms with van der Waals surface area (Å²) in [5.74, 6) is -0.742. The lowest BCUT2D eigenvalue weighted by Gasteiger charge is -2.32. The molecule has 1 atom stereocenters. The van der Waals surface area contributed by atoms with Crippen LogP contribution in [0.4, 0.5) is 8.78 Å². The van der Waals surface area contributed by atoms with Gasteiger partial charge in [-0.2, -0.15) is 0 Å². The maximum Gasteiger partial charge on any atom is 0.246 e. The third kappa shape index (κ3) is 4.06. The maximum atomic E-state index is 13.0. The zero-order valence-electron chi connectivity index (χ0n) is 13.0. The van der Waals surface area contributed by atoms with Gasteiger partial charge in [0.1, 0.15) is 17.7 Å². The van der Waals surface area contributed by atoms with E-state index < -0.39 is 0 Å². The Morgan fingerprint density at radius 2 is 1.67 bits per heavy atom. The molecule has 2 aromatic carbocycles.